The quantitative estimate of drug-likeness (QED) is 0.806. The van der Waals surface area contributed by atoms with Crippen molar-refractivity contribution in [1.29, 1.82) is 0 Å². The SMILES string of the molecule is CN1CCC(CCNC(=O)C(F)(F)F)CC1. The van der Waals surface area contributed by atoms with Crippen LogP contribution in [-0.2, 0) is 4.79 Å². The van der Waals surface area contributed by atoms with Crippen LogP contribution in [0.2, 0.25) is 0 Å². The molecule has 1 N–H and O–H groups in total. The van der Waals surface area contributed by atoms with Gasteiger partial charge in [0.2, 0.25) is 0 Å². The monoisotopic (exact) mass is 238 g/mol. The molecule has 0 aromatic rings. The molecule has 6 heteroatoms. The van der Waals surface area contributed by atoms with Crippen molar-refractivity contribution in [1.82, 2.24) is 10.2 Å². The van der Waals surface area contributed by atoms with Crippen LogP contribution in [0.3, 0.4) is 0 Å². The summed E-state index contributed by atoms with van der Waals surface area (Å²) < 4.78 is 35.5. The third-order valence-corrected chi connectivity index (χ3v) is 2.93. The molecule has 1 rings (SSSR count). The van der Waals surface area contributed by atoms with Gasteiger partial charge >= 0.3 is 12.1 Å². The second kappa shape index (κ2) is 5.52. The van der Waals surface area contributed by atoms with Crippen LogP contribution in [0.4, 0.5) is 13.2 Å². The summed E-state index contributed by atoms with van der Waals surface area (Å²) in [6.07, 6.45) is -2.13. The Morgan fingerprint density at radius 2 is 1.94 bits per heavy atom. The molecule has 1 amide bonds. The van der Waals surface area contributed by atoms with Crippen molar-refractivity contribution in [2.24, 2.45) is 5.92 Å². The molecule has 0 atom stereocenters. The molecule has 0 spiro atoms. The highest BCUT2D eigenvalue weighted by atomic mass is 19.4. The Hall–Kier alpha value is -0.780. The van der Waals surface area contributed by atoms with Gasteiger partial charge in [-0.15, -0.1) is 0 Å². The summed E-state index contributed by atoms with van der Waals surface area (Å²) in [5.74, 6) is -1.40. The highest BCUT2D eigenvalue weighted by Gasteiger charge is 2.38. The van der Waals surface area contributed by atoms with E-state index in [1.54, 1.807) is 0 Å². The Kier molecular flexibility index (Phi) is 4.58. The van der Waals surface area contributed by atoms with Gasteiger partial charge in [0.05, 0.1) is 0 Å². The number of piperidine rings is 1. The molecular formula is C10H17F3N2O. The predicted molar refractivity (Wildman–Crippen MR) is 53.9 cm³/mol. The molecule has 1 saturated heterocycles. The molecule has 94 valence electrons. The van der Waals surface area contributed by atoms with Gasteiger partial charge in [-0.25, -0.2) is 0 Å². The number of alkyl halides is 3. The average molecular weight is 238 g/mol. The van der Waals surface area contributed by atoms with Crippen molar-refractivity contribution in [2.75, 3.05) is 26.7 Å². The number of nitrogens with zero attached hydrogens (tertiary/aromatic N) is 1. The first-order valence-corrected chi connectivity index (χ1v) is 5.43. The van der Waals surface area contributed by atoms with Gasteiger partial charge < -0.3 is 10.2 Å². The Bertz CT molecular complexity index is 235. The Balaban J connectivity index is 2.14. The lowest BCUT2D eigenvalue weighted by atomic mass is 9.94. The van der Waals surface area contributed by atoms with Gasteiger partial charge in [-0.05, 0) is 45.3 Å². The predicted octanol–water partition coefficient (Wildman–Crippen LogP) is 1.40. The van der Waals surface area contributed by atoms with Crippen LogP contribution in [0.15, 0.2) is 0 Å². The number of carbonyl (C=O) groups excluding carboxylic acids is 1. The largest absolute Gasteiger partial charge is 0.471 e. The van der Waals surface area contributed by atoms with E-state index in [0.29, 0.717) is 12.3 Å². The van der Waals surface area contributed by atoms with E-state index >= 15 is 0 Å². The van der Waals surface area contributed by atoms with E-state index < -0.39 is 12.1 Å². The van der Waals surface area contributed by atoms with Crippen LogP contribution in [0.5, 0.6) is 0 Å². The zero-order chi connectivity index (χ0) is 12.2. The van der Waals surface area contributed by atoms with Gasteiger partial charge in [-0.2, -0.15) is 13.2 Å². The summed E-state index contributed by atoms with van der Waals surface area (Å²) in [4.78, 5) is 12.7. The zero-order valence-electron chi connectivity index (χ0n) is 9.31. The topological polar surface area (TPSA) is 32.3 Å². The standard InChI is InChI=1S/C10H17F3N2O/c1-15-6-3-8(4-7-15)2-5-14-9(16)10(11,12)13/h8H,2-7H2,1H3,(H,14,16). The summed E-state index contributed by atoms with van der Waals surface area (Å²) in [7, 11) is 2.03. The van der Waals surface area contributed by atoms with E-state index in [0.717, 1.165) is 25.9 Å². The molecular weight excluding hydrogens is 221 g/mol. The van der Waals surface area contributed by atoms with Crippen LogP contribution in [-0.4, -0.2) is 43.7 Å². The van der Waals surface area contributed by atoms with E-state index in [2.05, 4.69) is 4.90 Å². The lowest BCUT2D eigenvalue weighted by molar-refractivity contribution is -0.173. The van der Waals surface area contributed by atoms with E-state index in [-0.39, 0.29) is 6.54 Å². The summed E-state index contributed by atoms with van der Waals surface area (Å²) in [6, 6.07) is 0. The Labute approximate surface area is 93.0 Å². The highest BCUT2D eigenvalue weighted by Crippen LogP contribution is 2.19. The maximum absolute atomic E-state index is 11.8. The maximum atomic E-state index is 11.8. The van der Waals surface area contributed by atoms with Crippen molar-refractivity contribution in [2.45, 2.75) is 25.4 Å². The summed E-state index contributed by atoms with van der Waals surface area (Å²) >= 11 is 0. The molecule has 0 aliphatic carbocycles. The minimum atomic E-state index is -4.76. The lowest BCUT2D eigenvalue weighted by Gasteiger charge is -2.28. The van der Waals surface area contributed by atoms with E-state index in [1.165, 1.54) is 0 Å². The van der Waals surface area contributed by atoms with Crippen molar-refractivity contribution in [3.63, 3.8) is 0 Å². The third kappa shape index (κ3) is 4.38. The molecule has 0 unspecified atom stereocenters. The molecule has 0 aromatic heterocycles. The molecule has 1 fully saturated rings. The number of amides is 1. The number of halogens is 3. The number of rotatable bonds is 3. The first-order valence-electron chi connectivity index (χ1n) is 5.43. The summed E-state index contributed by atoms with van der Waals surface area (Å²) in [5.41, 5.74) is 0. The minimum Gasteiger partial charge on any atom is -0.348 e. The van der Waals surface area contributed by atoms with Crippen molar-refractivity contribution in [3.05, 3.63) is 0 Å². The van der Waals surface area contributed by atoms with Gasteiger partial charge in [-0.3, -0.25) is 4.79 Å². The Morgan fingerprint density at radius 3 is 2.44 bits per heavy atom. The minimum absolute atomic E-state index is 0.118. The van der Waals surface area contributed by atoms with Crippen molar-refractivity contribution < 1.29 is 18.0 Å². The number of hydrogen-bond donors (Lipinski definition) is 1. The molecule has 1 aliphatic rings. The maximum Gasteiger partial charge on any atom is 0.471 e. The fraction of sp³-hybridized carbons (Fsp3) is 0.900. The van der Waals surface area contributed by atoms with Gasteiger partial charge in [0, 0.05) is 6.54 Å². The molecule has 0 aromatic carbocycles. The number of nitrogens with one attached hydrogen (secondary N) is 1. The fourth-order valence-electron chi connectivity index (χ4n) is 1.84. The van der Waals surface area contributed by atoms with Crippen LogP contribution >= 0.6 is 0 Å². The van der Waals surface area contributed by atoms with Gasteiger partial charge in [0.15, 0.2) is 0 Å². The molecule has 1 heterocycles. The molecule has 0 radical (unpaired) electrons. The number of hydrogen-bond acceptors (Lipinski definition) is 2. The lowest BCUT2D eigenvalue weighted by Crippen LogP contribution is -2.38. The zero-order valence-corrected chi connectivity index (χ0v) is 9.31. The average Bonchev–Trinajstić information content (AvgIpc) is 2.19. The fourth-order valence-corrected chi connectivity index (χ4v) is 1.84. The van der Waals surface area contributed by atoms with Gasteiger partial charge in [0.25, 0.3) is 0 Å². The van der Waals surface area contributed by atoms with E-state index in [1.807, 2.05) is 12.4 Å². The van der Waals surface area contributed by atoms with Crippen molar-refractivity contribution in [3.8, 4) is 0 Å². The molecule has 3 nitrogen and oxygen atoms in total. The second-order valence-electron chi connectivity index (χ2n) is 4.29. The normalized spacial score (nSPS) is 19.8. The van der Waals surface area contributed by atoms with Crippen LogP contribution in [0.1, 0.15) is 19.3 Å². The van der Waals surface area contributed by atoms with Gasteiger partial charge in [0.1, 0.15) is 0 Å². The molecule has 0 saturated carbocycles. The number of carbonyl (C=O) groups is 1. The highest BCUT2D eigenvalue weighted by molar-refractivity contribution is 5.81. The van der Waals surface area contributed by atoms with Crippen LogP contribution in [0.25, 0.3) is 0 Å². The van der Waals surface area contributed by atoms with Gasteiger partial charge in [-0.1, -0.05) is 0 Å². The first-order chi connectivity index (χ1) is 7.39. The Morgan fingerprint density at radius 1 is 1.38 bits per heavy atom. The number of likely N-dealkylation sites (tertiary alicyclic amines) is 1. The third-order valence-electron chi connectivity index (χ3n) is 2.93. The molecule has 0 bridgehead atoms. The second-order valence-corrected chi connectivity index (χ2v) is 4.29. The smallest absolute Gasteiger partial charge is 0.348 e. The first kappa shape index (κ1) is 13.3. The van der Waals surface area contributed by atoms with Crippen LogP contribution < -0.4 is 5.32 Å². The molecule has 1 aliphatic heterocycles. The van der Waals surface area contributed by atoms with E-state index in [9.17, 15) is 18.0 Å². The van der Waals surface area contributed by atoms with Crippen molar-refractivity contribution >= 4 is 5.91 Å². The van der Waals surface area contributed by atoms with E-state index in [4.69, 9.17) is 0 Å². The molecule has 16 heavy (non-hydrogen) atoms. The van der Waals surface area contributed by atoms with Crippen LogP contribution in [0, 0.1) is 5.92 Å². The summed E-state index contributed by atoms with van der Waals surface area (Å²) in [5, 5.41) is 1.90. The summed E-state index contributed by atoms with van der Waals surface area (Å²) in [6.45, 7) is 2.09.